The van der Waals surface area contributed by atoms with E-state index in [1.165, 1.54) is 23.3 Å². The molecule has 0 saturated heterocycles. The Hall–Kier alpha value is -2.14. The lowest BCUT2D eigenvalue weighted by Crippen LogP contribution is -2.35. The number of nitrogens with two attached hydrogens (primary N) is 1. The minimum atomic E-state index is -0.401. The number of benzene rings is 1. The van der Waals surface area contributed by atoms with Gasteiger partial charge in [-0.15, -0.1) is 0 Å². The molecule has 0 aliphatic carbocycles. The molecule has 0 spiro atoms. The fourth-order valence-electron chi connectivity index (χ4n) is 1.64. The van der Waals surface area contributed by atoms with Gasteiger partial charge in [-0.05, 0) is 30.3 Å². The lowest BCUT2D eigenvalue weighted by molar-refractivity contribution is -0.117. The van der Waals surface area contributed by atoms with E-state index >= 15 is 0 Å². The molecule has 94 valence electrons. The number of hydrogen-bond donors (Lipinski definition) is 1. The molecule has 0 fully saturated rings. The van der Waals surface area contributed by atoms with Crippen LogP contribution in [0, 0.1) is 5.82 Å². The number of carbonyl (C=O) groups excluding carboxylic acids is 1. The van der Waals surface area contributed by atoms with Crippen molar-refractivity contribution in [2.24, 2.45) is 5.73 Å². The lowest BCUT2D eigenvalue weighted by Gasteiger charge is -2.21. The number of carbonyl (C=O) groups is 1. The summed E-state index contributed by atoms with van der Waals surface area (Å²) in [5, 5.41) is 0. The molecule has 0 aliphatic rings. The van der Waals surface area contributed by atoms with Crippen LogP contribution in [0.5, 0.6) is 0 Å². The van der Waals surface area contributed by atoms with Crippen LogP contribution in [0.2, 0.25) is 0 Å². The number of halogens is 1. The summed E-state index contributed by atoms with van der Waals surface area (Å²) in [5.41, 5.74) is 5.82. The molecule has 0 atom stereocenters. The van der Waals surface area contributed by atoms with Crippen LogP contribution in [0.3, 0.4) is 0 Å². The Morgan fingerprint density at radius 1 is 1.33 bits per heavy atom. The van der Waals surface area contributed by atoms with Crippen molar-refractivity contribution in [1.29, 1.82) is 0 Å². The Kier molecular flexibility index (Phi) is 3.74. The molecule has 0 aliphatic heterocycles. The SMILES string of the molecule is NCC(=O)N(Cc1ccco1)c1cccc(F)c1. The normalized spacial score (nSPS) is 10.3. The number of amides is 1. The minimum Gasteiger partial charge on any atom is -0.467 e. The zero-order chi connectivity index (χ0) is 13.0. The number of nitrogens with zero attached hydrogens (tertiary/aromatic N) is 1. The number of anilines is 1. The van der Waals surface area contributed by atoms with Crippen molar-refractivity contribution >= 4 is 11.6 Å². The molecule has 4 nitrogen and oxygen atoms in total. The van der Waals surface area contributed by atoms with Crippen LogP contribution < -0.4 is 10.6 Å². The molecule has 1 aromatic heterocycles. The van der Waals surface area contributed by atoms with Gasteiger partial charge < -0.3 is 15.1 Å². The Labute approximate surface area is 104 Å². The summed E-state index contributed by atoms with van der Waals surface area (Å²) in [5.74, 6) is -0.0835. The second kappa shape index (κ2) is 5.46. The van der Waals surface area contributed by atoms with Gasteiger partial charge >= 0.3 is 0 Å². The largest absolute Gasteiger partial charge is 0.467 e. The summed E-state index contributed by atoms with van der Waals surface area (Å²) in [7, 11) is 0. The van der Waals surface area contributed by atoms with E-state index in [-0.39, 0.29) is 19.0 Å². The lowest BCUT2D eigenvalue weighted by atomic mass is 10.2. The van der Waals surface area contributed by atoms with E-state index in [9.17, 15) is 9.18 Å². The van der Waals surface area contributed by atoms with Crippen molar-refractivity contribution in [3.63, 3.8) is 0 Å². The molecular weight excluding hydrogens is 235 g/mol. The third-order valence-corrected chi connectivity index (χ3v) is 2.49. The summed E-state index contributed by atoms with van der Waals surface area (Å²) in [6.45, 7) is 0.0870. The fourth-order valence-corrected chi connectivity index (χ4v) is 1.64. The molecule has 0 radical (unpaired) electrons. The molecule has 0 unspecified atom stereocenters. The van der Waals surface area contributed by atoms with Gasteiger partial charge in [0.25, 0.3) is 0 Å². The third kappa shape index (κ3) is 2.75. The topological polar surface area (TPSA) is 59.5 Å². The van der Waals surface area contributed by atoms with Crippen LogP contribution in [0.4, 0.5) is 10.1 Å². The smallest absolute Gasteiger partial charge is 0.241 e. The van der Waals surface area contributed by atoms with Gasteiger partial charge in [0.15, 0.2) is 0 Å². The second-order valence-corrected chi connectivity index (χ2v) is 3.74. The predicted molar refractivity (Wildman–Crippen MR) is 65.4 cm³/mol. The van der Waals surface area contributed by atoms with Gasteiger partial charge in [0.05, 0.1) is 19.4 Å². The van der Waals surface area contributed by atoms with E-state index in [1.807, 2.05) is 0 Å². The average molecular weight is 248 g/mol. The van der Waals surface area contributed by atoms with Gasteiger partial charge in [0, 0.05) is 5.69 Å². The van der Waals surface area contributed by atoms with Gasteiger partial charge in [0.2, 0.25) is 5.91 Å². The highest BCUT2D eigenvalue weighted by Crippen LogP contribution is 2.18. The van der Waals surface area contributed by atoms with Gasteiger partial charge in [-0.2, -0.15) is 0 Å². The van der Waals surface area contributed by atoms with Crippen molar-refractivity contribution in [2.75, 3.05) is 11.4 Å². The Balaban J connectivity index is 2.28. The van der Waals surface area contributed by atoms with E-state index in [0.717, 1.165) is 0 Å². The molecule has 2 aromatic rings. The molecule has 0 bridgehead atoms. The highest BCUT2D eigenvalue weighted by Gasteiger charge is 2.16. The first-order valence-corrected chi connectivity index (χ1v) is 5.49. The van der Waals surface area contributed by atoms with Crippen molar-refractivity contribution in [2.45, 2.75) is 6.54 Å². The highest BCUT2D eigenvalue weighted by molar-refractivity contribution is 5.94. The molecular formula is C13H13FN2O2. The number of hydrogen-bond acceptors (Lipinski definition) is 3. The number of furan rings is 1. The third-order valence-electron chi connectivity index (χ3n) is 2.49. The van der Waals surface area contributed by atoms with E-state index in [4.69, 9.17) is 10.2 Å². The standard InChI is InChI=1S/C13H13FN2O2/c14-10-3-1-4-11(7-10)16(13(17)8-15)9-12-5-2-6-18-12/h1-7H,8-9,15H2. The Morgan fingerprint density at radius 2 is 2.17 bits per heavy atom. The van der Waals surface area contributed by atoms with Gasteiger partial charge in [0.1, 0.15) is 11.6 Å². The van der Waals surface area contributed by atoms with E-state index in [1.54, 1.807) is 24.3 Å². The van der Waals surface area contributed by atoms with Gasteiger partial charge in [-0.3, -0.25) is 4.79 Å². The molecule has 1 amide bonds. The first kappa shape index (κ1) is 12.3. The van der Waals surface area contributed by atoms with E-state index in [0.29, 0.717) is 11.4 Å². The van der Waals surface area contributed by atoms with Crippen molar-refractivity contribution in [3.05, 3.63) is 54.2 Å². The predicted octanol–water partition coefficient (Wildman–Crippen LogP) is 1.91. The monoisotopic (exact) mass is 248 g/mol. The Morgan fingerprint density at radius 3 is 2.78 bits per heavy atom. The summed E-state index contributed by atoms with van der Waals surface area (Å²) in [6, 6.07) is 9.28. The first-order valence-electron chi connectivity index (χ1n) is 5.49. The summed E-state index contributed by atoms with van der Waals surface area (Å²) in [6.07, 6.45) is 1.52. The van der Waals surface area contributed by atoms with Crippen LogP contribution in [-0.4, -0.2) is 12.5 Å². The van der Waals surface area contributed by atoms with Crippen LogP contribution >= 0.6 is 0 Å². The summed E-state index contributed by atoms with van der Waals surface area (Å²) in [4.78, 5) is 13.2. The zero-order valence-corrected chi connectivity index (χ0v) is 9.67. The molecule has 1 heterocycles. The van der Waals surface area contributed by atoms with Crippen molar-refractivity contribution < 1.29 is 13.6 Å². The molecule has 18 heavy (non-hydrogen) atoms. The van der Waals surface area contributed by atoms with Crippen LogP contribution in [0.1, 0.15) is 5.76 Å². The fraction of sp³-hybridized carbons (Fsp3) is 0.154. The zero-order valence-electron chi connectivity index (χ0n) is 9.67. The molecule has 2 rings (SSSR count). The Bertz CT molecular complexity index is 526. The molecule has 5 heteroatoms. The number of rotatable bonds is 4. The van der Waals surface area contributed by atoms with Crippen LogP contribution in [-0.2, 0) is 11.3 Å². The maximum Gasteiger partial charge on any atom is 0.241 e. The van der Waals surface area contributed by atoms with E-state index in [2.05, 4.69) is 0 Å². The quantitative estimate of drug-likeness (QED) is 0.899. The molecule has 0 saturated carbocycles. The maximum absolute atomic E-state index is 13.2. The summed E-state index contributed by atoms with van der Waals surface area (Å²) < 4.78 is 18.4. The van der Waals surface area contributed by atoms with Gasteiger partial charge in [-0.1, -0.05) is 6.07 Å². The average Bonchev–Trinajstić information content (AvgIpc) is 2.88. The van der Waals surface area contributed by atoms with Crippen LogP contribution in [0.15, 0.2) is 47.1 Å². The molecule has 2 N–H and O–H groups in total. The van der Waals surface area contributed by atoms with Crippen molar-refractivity contribution in [3.8, 4) is 0 Å². The van der Waals surface area contributed by atoms with Gasteiger partial charge in [-0.25, -0.2) is 4.39 Å². The maximum atomic E-state index is 13.2. The van der Waals surface area contributed by atoms with E-state index < -0.39 is 5.82 Å². The molecule has 1 aromatic carbocycles. The minimum absolute atomic E-state index is 0.142. The highest BCUT2D eigenvalue weighted by atomic mass is 19.1. The summed E-state index contributed by atoms with van der Waals surface area (Å²) >= 11 is 0. The first-order chi connectivity index (χ1) is 8.70. The van der Waals surface area contributed by atoms with Crippen molar-refractivity contribution in [1.82, 2.24) is 0 Å². The second-order valence-electron chi connectivity index (χ2n) is 3.74. The van der Waals surface area contributed by atoms with Crippen LogP contribution in [0.25, 0.3) is 0 Å².